The first-order chi connectivity index (χ1) is 9.70. The van der Waals surface area contributed by atoms with E-state index in [1.807, 2.05) is 6.07 Å². The van der Waals surface area contributed by atoms with E-state index in [-0.39, 0.29) is 0 Å². The summed E-state index contributed by atoms with van der Waals surface area (Å²) in [5.41, 5.74) is 7.46. The molecule has 0 amide bonds. The van der Waals surface area contributed by atoms with E-state index in [2.05, 4.69) is 5.32 Å². The Morgan fingerprint density at radius 3 is 2.95 bits per heavy atom. The van der Waals surface area contributed by atoms with E-state index in [9.17, 15) is 4.79 Å². The quantitative estimate of drug-likeness (QED) is 0.433. The minimum Gasteiger partial charge on any atom is -0.462 e. The molecule has 0 unspecified atom stereocenters. The molecule has 1 saturated carbocycles. The summed E-state index contributed by atoms with van der Waals surface area (Å²) in [5, 5.41) is 3.22. The molecule has 0 aromatic heterocycles. The van der Waals surface area contributed by atoms with Gasteiger partial charge in [-0.2, -0.15) is 0 Å². The van der Waals surface area contributed by atoms with Crippen LogP contribution in [0.1, 0.15) is 30.1 Å². The highest BCUT2D eigenvalue weighted by Gasteiger charge is 2.20. The second-order valence-electron chi connectivity index (χ2n) is 4.97. The van der Waals surface area contributed by atoms with Crippen LogP contribution in [0.4, 0.5) is 11.4 Å². The van der Waals surface area contributed by atoms with E-state index in [4.69, 9.17) is 15.2 Å². The van der Waals surface area contributed by atoms with Crippen molar-refractivity contribution >= 4 is 17.3 Å². The molecule has 1 aliphatic rings. The van der Waals surface area contributed by atoms with Gasteiger partial charge in [-0.1, -0.05) is 0 Å². The Morgan fingerprint density at radius 1 is 1.45 bits per heavy atom. The number of nitrogens with one attached hydrogen (secondary N) is 1. The maximum Gasteiger partial charge on any atom is 0.340 e. The van der Waals surface area contributed by atoms with Crippen molar-refractivity contribution in [3.8, 4) is 0 Å². The Kier molecular flexibility index (Phi) is 5.24. The normalized spacial score (nSPS) is 14.1. The molecule has 0 radical (unpaired) electrons. The average molecular weight is 278 g/mol. The van der Waals surface area contributed by atoms with E-state index in [0.717, 1.165) is 18.2 Å². The summed E-state index contributed by atoms with van der Waals surface area (Å²) in [4.78, 5) is 11.7. The van der Waals surface area contributed by atoms with Crippen LogP contribution in [0.25, 0.3) is 0 Å². The number of nitrogen functional groups attached to an aromatic ring is 1. The summed E-state index contributed by atoms with van der Waals surface area (Å²) in [5.74, 6) is 0.389. The van der Waals surface area contributed by atoms with Crippen molar-refractivity contribution in [1.82, 2.24) is 0 Å². The number of nitrogens with two attached hydrogens (primary N) is 1. The zero-order valence-corrected chi connectivity index (χ0v) is 11.9. The van der Waals surface area contributed by atoms with Gasteiger partial charge in [0.25, 0.3) is 0 Å². The predicted molar refractivity (Wildman–Crippen MR) is 78.8 cm³/mol. The van der Waals surface area contributed by atoms with Gasteiger partial charge in [-0.3, -0.25) is 0 Å². The van der Waals surface area contributed by atoms with Crippen molar-refractivity contribution in [2.75, 3.05) is 37.4 Å². The van der Waals surface area contributed by atoms with Crippen LogP contribution in [0.3, 0.4) is 0 Å². The first-order valence-corrected chi connectivity index (χ1v) is 7.09. The van der Waals surface area contributed by atoms with Gasteiger partial charge in [-0.15, -0.1) is 0 Å². The van der Waals surface area contributed by atoms with E-state index in [1.54, 1.807) is 19.1 Å². The lowest BCUT2D eigenvalue weighted by Gasteiger charge is -2.10. The Labute approximate surface area is 119 Å². The molecule has 0 atom stereocenters. The number of hydrogen-bond acceptors (Lipinski definition) is 5. The lowest BCUT2D eigenvalue weighted by molar-refractivity contribution is 0.0527. The summed E-state index contributed by atoms with van der Waals surface area (Å²) in [7, 11) is 0. The van der Waals surface area contributed by atoms with E-state index in [1.165, 1.54) is 12.8 Å². The molecular weight excluding hydrogens is 256 g/mol. The molecule has 3 N–H and O–H groups in total. The highest BCUT2D eigenvalue weighted by atomic mass is 16.5. The zero-order chi connectivity index (χ0) is 14.4. The third-order valence-corrected chi connectivity index (χ3v) is 3.17. The maximum absolute atomic E-state index is 11.7. The molecular formula is C15H22N2O3. The number of carbonyl (C=O) groups excluding carboxylic acids is 1. The molecule has 0 bridgehead atoms. The summed E-state index contributed by atoms with van der Waals surface area (Å²) in [6, 6.07) is 5.27. The number of esters is 1. The first kappa shape index (κ1) is 14.7. The van der Waals surface area contributed by atoms with Crippen molar-refractivity contribution in [1.29, 1.82) is 0 Å². The molecule has 1 fully saturated rings. The maximum atomic E-state index is 11.7. The molecule has 20 heavy (non-hydrogen) atoms. The van der Waals surface area contributed by atoms with Crippen LogP contribution in [0.2, 0.25) is 0 Å². The molecule has 2 rings (SSSR count). The van der Waals surface area contributed by atoms with E-state index < -0.39 is 5.97 Å². The van der Waals surface area contributed by atoms with Gasteiger partial charge in [0.1, 0.15) is 0 Å². The molecule has 1 aromatic rings. The number of carbonyl (C=O) groups is 1. The van der Waals surface area contributed by atoms with Gasteiger partial charge < -0.3 is 20.5 Å². The SMILES string of the molecule is CCOC(=O)c1cc(NCCOCC2CC2)ccc1N. The third kappa shape index (κ3) is 4.42. The summed E-state index contributed by atoms with van der Waals surface area (Å²) in [6.07, 6.45) is 2.60. The third-order valence-electron chi connectivity index (χ3n) is 3.17. The summed E-state index contributed by atoms with van der Waals surface area (Å²) < 4.78 is 10.5. The number of anilines is 2. The minimum absolute atomic E-state index is 0.338. The van der Waals surface area contributed by atoms with Crippen molar-refractivity contribution < 1.29 is 14.3 Å². The predicted octanol–water partition coefficient (Wildman–Crippen LogP) is 2.28. The summed E-state index contributed by atoms with van der Waals surface area (Å²) >= 11 is 0. The average Bonchev–Trinajstić information content (AvgIpc) is 3.24. The lowest BCUT2D eigenvalue weighted by atomic mass is 10.1. The molecule has 5 heteroatoms. The van der Waals surface area contributed by atoms with Crippen LogP contribution in [0, 0.1) is 5.92 Å². The Bertz CT molecular complexity index is 458. The van der Waals surface area contributed by atoms with Crippen LogP contribution in [-0.2, 0) is 9.47 Å². The van der Waals surface area contributed by atoms with E-state index in [0.29, 0.717) is 31.0 Å². The zero-order valence-electron chi connectivity index (χ0n) is 11.9. The first-order valence-electron chi connectivity index (χ1n) is 7.09. The van der Waals surface area contributed by atoms with Crippen molar-refractivity contribution in [2.24, 2.45) is 5.92 Å². The smallest absolute Gasteiger partial charge is 0.340 e. The fourth-order valence-corrected chi connectivity index (χ4v) is 1.85. The second-order valence-corrected chi connectivity index (χ2v) is 4.97. The molecule has 5 nitrogen and oxygen atoms in total. The number of rotatable bonds is 8. The molecule has 0 saturated heterocycles. The van der Waals surface area contributed by atoms with Gasteiger partial charge in [0, 0.05) is 24.5 Å². The molecule has 0 heterocycles. The largest absolute Gasteiger partial charge is 0.462 e. The Morgan fingerprint density at radius 2 is 2.25 bits per heavy atom. The second kappa shape index (κ2) is 7.14. The highest BCUT2D eigenvalue weighted by molar-refractivity contribution is 5.96. The highest BCUT2D eigenvalue weighted by Crippen LogP contribution is 2.28. The van der Waals surface area contributed by atoms with Gasteiger partial charge >= 0.3 is 5.97 Å². The molecule has 1 aromatic carbocycles. The van der Waals surface area contributed by atoms with Crippen LogP contribution in [0.15, 0.2) is 18.2 Å². The van der Waals surface area contributed by atoms with Gasteiger partial charge in [0.15, 0.2) is 0 Å². The van der Waals surface area contributed by atoms with Crippen LogP contribution in [-0.4, -0.2) is 32.3 Å². The number of hydrogen-bond donors (Lipinski definition) is 2. The van der Waals surface area contributed by atoms with Gasteiger partial charge in [0.05, 0.1) is 18.8 Å². The topological polar surface area (TPSA) is 73.6 Å². The van der Waals surface area contributed by atoms with Gasteiger partial charge in [-0.25, -0.2) is 4.79 Å². The molecule has 110 valence electrons. The molecule has 1 aliphatic carbocycles. The number of ether oxygens (including phenoxy) is 2. The van der Waals surface area contributed by atoms with E-state index >= 15 is 0 Å². The van der Waals surface area contributed by atoms with Crippen molar-refractivity contribution in [3.05, 3.63) is 23.8 Å². The van der Waals surface area contributed by atoms with Gasteiger partial charge in [0.2, 0.25) is 0 Å². The van der Waals surface area contributed by atoms with Crippen molar-refractivity contribution in [2.45, 2.75) is 19.8 Å². The van der Waals surface area contributed by atoms with Crippen LogP contribution >= 0.6 is 0 Å². The fourth-order valence-electron chi connectivity index (χ4n) is 1.85. The minimum atomic E-state index is -0.390. The monoisotopic (exact) mass is 278 g/mol. The number of benzene rings is 1. The van der Waals surface area contributed by atoms with Crippen LogP contribution < -0.4 is 11.1 Å². The Hall–Kier alpha value is -1.75. The van der Waals surface area contributed by atoms with Gasteiger partial charge in [-0.05, 0) is 43.9 Å². The standard InChI is InChI=1S/C15H22N2O3/c1-2-20-15(18)13-9-12(5-6-14(13)16)17-7-8-19-10-11-3-4-11/h5-6,9,11,17H,2-4,7-8,10,16H2,1H3. The van der Waals surface area contributed by atoms with Crippen LogP contribution in [0.5, 0.6) is 0 Å². The fraction of sp³-hybridized carbons (Fsp3) is 0.533. The summed E-state index contributed by atoms with van der Waals surface area (Å²) in [6.45, 7) is 4.34. The molecule has 0 spiro atoms. The van der Waals surface area contributed by atoms with Crippen molar-refractivity contribution in [3.63, 3.8) is 0 Å². The lowest BCUT2D eigenvalue weighted by Crippen LogP contribution is -2.12. The molecule has 0 aliphatic heterocycles. The Balaban J connectivity index is 1.81.